The van der Waals surface area contributed by atoms with Gasteiger partial charge in [-0.2, -0.15) is 0 Å². The van der Waals surface area contributed by atoms with Gasteiger partial charge in [0.15, 0.2) is 0 Å². The zero-order chi connectivity index (χ0) is 14.3. The maximum atomic E-state index is 6.04. The van der Waals surface area contributed by atoms with Crippen LogP contribution in [0.1, 0.15) is 29.7 Å². The molecule has 0 saturated carbocycles. The predicted molar refractivity (Wildman–Crippen MR) is 80.9 cm³/mol. The second kappa shape index (κ2) is 4.72. The van der Waals surface area contributed by atoms with Gasteiger partial charge >= 0.3 is 0 Å². The number of nitrogens with two attached hydrogens (primary N) is 1. The van der Waals surface area contributed by atoms with Gasteiger partial charge in [0.1, 0.15) is 12.1 Å². The van der Waals surface area contributed by atoms with Crippen LogP contribution in [0.3, 0.4) is 0 Å². The van der Waals surface area contributed by atoms with Crippen molar-refractivity contribution in [1.82, 2.24) is 14.5 Å². The number of fused-ring (bicyclic) bond motifs is 1. The summed E-state index contributed by atoms with van der Waals surface area (Å²) < 4.78 is 2.01. The number of aromatic nitrogens is 3. The van der Waals surface area contributed by atoms with Gasteiger partial charge in [-0.15, -0.1) is 0 Å². The number of benzene rings is 1. The van der Waals surface area contributed by atoms with Crippen LogP contribution in [-0.4, -0.2) is 14.5 Å². The molecule has 0 bridgehead atoms. The third-order valence-electron chi connectivity index (χ3n) is 3.70. The molecule has 0 aliphatic rings. The van der Waals surface area contributed by atoms with Gasteiger partial charge in [-0.05, 0) is 50.1 Å². The summed E-state index contributed by atoms with van der Waals surface area (Å²) >= 11 is 0. The monoisotopic (exact) mass is 266 g/mol. The summed E-state index contributed by atoms with van der Waals surface area (Å²) in [5.74, 6) is 0.855. The molecule has 1 atom stereocenters. The standard InChI is InChI=1S/C16H18N4/c1-10-7-14-15(8-11(10)2)20(9-19-14)16-13(12(3)17)5-4-6-18-16/h4-9,12H,17H2,1-3H3. The Morgan fingerprint density at radius 2 is 1.90 bits per heavy atom. The molecule has 0 radical (unpaired) electrons. The Bertz CT molecular complexity index is 771. The van der Waals surface area contributed by atoms with Gasteiger partial charge in [-0.3, -0.25) is 4.57 Å². The van der Waals surface area contributed by atoms with Crippen molar-refractivity contribution in [3.8, 4) is 5.82 Å². The third kappa shape index (κ3) is 1.98. The smallest absolute Gasteiger partial charge is 0.143 e. The average Bonchev–Trinajstić information content (AvgIpc) is 2.82. The van der Waals surface area contributed by atoms with Crippen LogP contribution < -0.4 is 5.73 Å². The van der Waals surface area contributed by atoms with Gasteiger partial charge in [0.2, 0.25) is 0 Å². The minimum absolute atomic E-state index is 0.0669. The Morgan fingerprint density at radius 3 is 2.65 bits per heavy atom. The van der Waals surface area contributed by atoms with Crippen LogP contribution in [0.4, 0.5) is 0 Å². The molecule has 20 heavy (non-hydrogen) atoms. The number of pyridine rings is 1. The normalized spacial score (nSPS) is 12.8. The van der Waals surface area contributed by atoms with Gasteiger partial charge in [0.25, 0.3) is 0 Å². The first-order chi connectivity index (χ1) is 9.58. The molecule has 0 spiro atoms. The van der Waals surface area contributed by atoms with E-state index >= 15 is 0 Å². The number of rotatable bonds is 2. The van der Waals surface area contributed by atoms with E-state index in [0.29, 0.717) is 0 Å². The first-order valence-corrected chi connectivity index (χ1v) is 6.73. The molecule has 4 heteroatoms. The maximum absolute atomic E-state index is 6.04. The molecule has 1 unspecified atom stereocenters. The van der Waals surface area contributed by atoms with Crippen molar-refractivity contribution in [3.05, 3.63) is 53.5 Å². The molecule has 2 N–H and O–H groups in total. The highest BCUT2D eigenvalue weighted by molar-refractivity contribution is 5.79. The van der Waals surface area contributed by atoms with Crippen molar-refractivity contribution in [2.75, 3.05) is 0 Å². The van der Waals surface area contributed by atoms with Crippen LogP contribution in [0.15, 0.2) is 36.8 Å². The van der Waals surface area contributed by atoms with Gasteiger partial charge < -0.3 is 5.73 Å². The number of hydrogen-bond donors (Lipinski definition) is 1. The number of aryl methyl sites for hydroxylation is 2. The zero-order valence-corrected chi connectivity index (χ0v) is 12.0. The molecule has 3 rings (SSSR count). The van der Waals surface area contributed by atoms with Crippen molar-refractivity contribution in [2.24, 2.45) is 5.73 Å². The molecule has 4 nitrogen and oxygen atoms in total. The Morgan fingerprint density at radius 1 is 1.15 bits per heavy atom. The number of nitrogens with zero attached hydrogens (tertiary/aromatic N) is 3. The van der Waals surface area contributed by atoms with E-state index in [1.807, 2.05) is 30.0 Å². The van der Waals surface area contributed by atoms with Gasteiger partial charge in [-0.25, -0.2) is 9.97 Å². The Balaban J connectivity index is 2.28. The fraction of sp³-hybridized carbons (Fsp3) is 0.250. The lowest BCUT2D eigenvalue weighted by Gasteiger charge is -2.13. The minimum Gasteiger partial charge on any atom is -0.324 e. The third-order valence-corrected chi connectivity index (χ3v) is 3.70. The van der Waals surface area contributed by atoms with Crippen molar-refractivity contribution < 1.29 is 0 Å². The van der Waals surface area contributed by atoms with Crippen molar-refractivity contribution in [2.45, 2.75) is 26.8 Å². The summed E-state index contributed by atoms with van der Waals surface area (Å²) in [4.78, 5) is 8.97. The van der Waals surface area contributed by atoms with Gasteiger partial charge in [0.05, 0.1) is 11.0 Å². The van der Waals surface area contributed by atoms with E-state index in [4.69, 9.17) is 5.73 Å². The van der Waals surface area contributed by atoms with Crippen LogP contribution in [0.5, 0.6) is 0 Å². The van der Waals surface area contributed by atoms with E-state index in [9.17, 15) is 0 Å². The molecule has 0 aliphatic carbocycles. The van der Waals surface area contributed by atoms with E-state index in [2.05, 4.69) is 35.9 Å². The second-order valence-electron chi connectivity index (χ2n) is 5.24. The summed E-state index contributed by atoms with van der Waals surface area (Å²) in [5.41, 5.74) is 11.6. The SMILES string of the molecule is Cc1cc2ncn(-c3ncccc3C(C)N)c2cc1C. The van der Waals surface area contributed by atoms with Crippen LogP contribution >= 0.6 is 0 Å². The highest BCUT2D eigenvalue weighted by Crippen LogP contribution is 2.24. The topological polar surface area (TPSA) is 56.7 Å². The summed E-state index contributed by atoms with van der Waals surface area (Å²) in [5, 5.41) is 0. The first-order valence-electron chi connectivity index (χ1n) is 6.73. The van der Waals surface area contributed by atoms with E-state index in [0.717, 1.165) is 22.4 Å². The van der Waals surface area contributed by atoms with Crippen LogP contribution in [0, 0.1) is 13.8 Å². The van der Waals surface area contributed by atoms with Crippen LogP contribution in [-0.2, 0) is 0 Å². The van der Waals surface area contributed by atoms with E-state index in [-0.39, 0.29) is 6.04 Å². The van der Waals surface area contributed by atoms with Crippen molar-refractivity contribution in [1.29, 1.82) is 0 Å². The fourth-order valence-corrected chi connectivity index (χ4v) is 2.40. The highest BCUT2D eigenvalue weighted by Gasteiger charge is 2.13. The molecule has 0 amide bonds. The molecule has 2 heterocycles. The number of hydrogen-bond acceptors (Lipinski definition) is 3. The summed E-state index contributed by atoms with van der Waals surface area (Å²) in [6, 6.07) is 8.12. The summed E-state index contributed by atoms with van der Waals surface area (Å²) in [6.07, 6.45) is 3.60. The Hall–Kier alpha value is -2.20. The molecule has 0 fully saturated rings. The zero-order valence-electron chi connectivity index (χ0n) is 12.0. The number of imidazole rings is 1. The molecular formula is C16H18N4. The van der Waals surface area contributed by atoms with E-state index in [1.54, 1.807) is 6.20 Å². The first kappa shape index (κ1) is 12.8. The molecule has 0 saturated heterocycles. The quantitative estimate of drug-likeness (QED) is 0.775. The Kier molecular flexibility index (Phi) is 3.03. The molecule has 1 aromatic carbocycles. The molecule has 3 aromatic rings. The summed E-state index contributed by atoms with van der Waals surface area (Å²) in [6.45, 7) is 6.17. The van der Waals surface area contributed by atoms with Crippen molar-refractivity contribution >= 4 is 11.0 Å². The molecular weight excluding hydrogens is 248 g/mol. The van der Waals surface area contributed by atoms with Gasteiger partial charge in [0, 0.05) is 17.8 Å². The van der Waals surface area contributed by atoms with Gasteiger partial charge in [-0.1, -0.05) is 6.07 Å². The average molecular weight is 266 g/mol. The van der Waals surface area contributed by atoms with Crippen LogP contribution in [0.2, 0.25) is 0 Å². The van der Waals surface area contributed by atoms with Crippen LogP contribution in [0.25, 0.3) is 16.9 Å². The lowest BCUT2D eigenvalue weighted by atomic mass is 10.1. The van der Waals surface area contributed by atoms with E-state index < -0.39 is 0 Å². The largest absolute Gasteiger partial charge is 0.324 e. The predicted octanol–water partition coefficient (Wildman–Crippen LogP) is 3.06. The lowest BCUT2D eigenvalue weighted by molar-refractivity contribution is 0.794. The Labute approximate surface area is 118 Å². The minimum atomic E-state index is -0.0669. The lowest BCUT2D eigenvalue weighted by Crippen LogP contribution is -2.10. The van der Waals surface area contributed by atoms with Crippen molar-refractivity contribution in [3.63, 3.8) is 0 Å². The molecule has 102 valence electrons. The summed E-state index contributed by atoms with van der Waals surface area (Å²) in [7, 11) is 0. The maximum Gasteiger partial charge on any atom is 0.143 e. The van der Waals surface area contributed by atoms with E-state index in [1.165, 1.54) is 11.1 Å². The second-order valence-corrected chi connectivity index (χ2v) is 5.24. The highest BCUT2D eigenvalue weighted by atomic mass is 15.1. The molecule has 0 aliphatic heterocycles. The molecule has 2 aromatic heterocycles. The fourth-order valence-electron chi connectivity index (χ4n) is 2.40.